The predicted molar refractivity (Wildman–Crippen MR) is 111 cm³/mol. The lowest BCUT2D eigenvalue weighted by Crippen LogP contribution is -2.28. The minimum absolute atomic E-state index is 0.200. The molecule has 29 heavy (non-hydrogen) atoms. The molecular formula is C20H15Cl2N5O2. The van der Waals surface area contributed by atoms with Crippen molar-refractivity contribution in [1.29, 1.82) is 0 Å². The first kappa shape index (κ1) is 19.2. The van der Waals surface area contributed by atoms with Gasteiger partial charge in [0.2, 0.25) is 5.88 Å². The maximum absolute atomic E-state index is 12.1. The second-order valence-electron chi connectivity index (χ2n) is 6.06. The third kappa shape index (κ3) is 4.31. The SMILES string of the molecule is O=C(NCCOc1ccc2nnc(-c3ccccc3Cl)n2n1)c1ccc(Cl)cc1. The lowest BCUT2D eigenvalue weighted by Gasteiger charge is -2.08. The number of carbonyl (C=O) groups is 1. The Morgan fingerprint density at radius 1 is 1.00 bits per heavy atom. The molecule has 2 heterocycles. The molecule has 0 atom stereocenters. The van der Waals surface area contributed by atoms with Gasteiger partial charge in [0.1, 0.15) is 6.61 Å². The van der Waals surface area contributed by atoms with E-state index in [1.54, 1.807) is 47.0 Å². The summed E-state index contributed by atoms with van der Waals surface area (Å²) < 4.78 is 7.23. The number of amides is 1. The van der Waals surface area contributed by atoms with Gasteiger partial charge in [0.15, 0.2) is 11.5 Å². The minimum Gasteiger partial charge on any atom is -0.475 e. The summed E-state index contributed by atoms with van der Waals surface area (Å²) in [6.45, 7) is 0.572. The van der Waals surface area contributed by atoms with E-state index in [9.17, 15) is 4.79 Å². The smallest absolute Gasteiger partial charge is 0.251 e. The second-order valence-corrected chi connectivity index (χ2v) is 6.90. The van der Waals surface area contributed by atoms with Crippen LogP contribution >= 0.6 is 23.2 Å². The van der Waals surface area contributed by atoms with Crippen LogP contribution in [0.25, 0.3) is 17.0 Å². The first-order valence-corrected chi connectivity index (χ1v) is 9.51. The summed E-state index contributed by atoms with van der Waals surface area (Å²) in [7, 11) is 0. The summed E-state index contributed by atoms with van der Waals surface area (Å²) in [6, 6.07) is 17.4. The molecule has 0 aliphatic carbocycles. The van der Waals surface area contributed by atoms with E-state index in [1.807, 2.05) is 18.2 Å². The zero-order valence-electron chi connectivity index (χ0n) is 15.0. The first-order valence-electron chi connectivity index (χ1n) is 8.76. The Balaban J connectivity index is 1.41. The van der Waals surface area contributed by atoms with E-state index in [-0.39, 0.29) is 12.5 Å². The van der Waals surface area contributed by atoms with E-state index in [4.69, 9.17) is 27.9 Å². The average Bonchev–Trinajstić information content (AvgIpc) is 3.15. The molecule has 0 radical (unpaired) electrons. The highest BCUT2D eigenvalue weighted by Crippen LogP contribution is 2.26. The summed E-state index contributed by atoms with van der Waals surface area (Å²) in [5.41, 5.74) is 1.83. The van der Waals surface area contributed by atoms with Gasteiger partial charge in [0.25, 0.3) is 5.91 Å². The normalized spacial score (nSPS) is 10.8. The first-order chi connectivity index (χ1) is 14.1. The number of nitrogens with zero attached hydrogens (tertiary/aromatic N) is 4. The van der Waals surface area contributed by atoms with Crippen LogP contribution in [-0.2, 0) is 0 Å². The number of benzene rings is 2. The van der Waals surface area contributed by atoms with Crippen molar-refractivity contribution < 1.29 is 9.53 Å². The van der Waals surface area contributed by atoms with Gasteiger partial charge in [-0.3, -0.25) is 4.79 Å². The van der Waals surface area contributed by atoms with Crippen molar-refractivity contribution in [3.8, 4) is 17.3 Å². The van der Waals surface area contributed by atoms with Crippen molar-refractivity contribution in [3.05, 3.63) is 76.3 Å². The third-order valence-electron chi connectivity index (χ3n) is 4.10. The molecule has 0 bridgehead atoms. The van der Waals surface area contributed by atoms with Crippen molar-refractivity contribution in [2.75, 3.05) is 13.2 Å². The van der Waals surface area contributed by atoms with Gasteiger partial charge in [-0.1, -0.05) is 35.3 Å². The van der Waals surface area contributed by atoms with Gasteiger partial charge in [-0.25, -0.2) is 0 Å². The molecule has 0 aliphatic rings. The van der Waals surface area contributed by atoms with Gasteiger partial charge >= 0.3 is 0 Å². The molecule has 9 heteroatoms. The number of carbonyl (C=O) groups excluding carboxylic acids is 1. The van der Waals surface area contributed by atoms with E-state index < -0.39 is 0 Å². The highest BCUT2D eigenvalue weighted by molar-refractivity contribution is 6.33. The molecule has 0 unspecified atom stereocenters. The highest BCUT2D eigenvalue weighted by Gasteiger charge is 2.13. The van der Waals surface area contributed by atoms with E-state index in [0.29, 0.717) is 39.5 Å². The number of fused-ring (bicyclic) bond motifs is 1. The lowest BCUT2D eigenvalue weighted by molar-refractivity contribution is 0.0946. The number of nitrogens with one attached hydrogen (secondary N) is 1. The Hall–Kier alpha value is -3.16. The summed E-state index contributed by atoms with van der Waals surface area (Å²) in [5, 5.41) is 16.6. The summed E-state index contributed by atoms with van der Waals surface area (Å²) in [4.78, 5) is 12.1. The Morgan fingerprint density at radius 3 is 2.59 bits per heavy atom. The van der Waals surface area contributed by atoms with Crippen molar-refractivity contribution in [2.45, 2.75) is 0 Å². The van der Waals surface area contributed by atoms with Gasteiger partial charge in [0, 0.05) is 22.2 Å². The zero-order valence-corrected chi connectivity index (χ0v) is 16.6. The van der Waals surface area contributed by atoms with Crippen LogP contribution in [0.1, 0.15) is 10.4 Å². The molecule has 4 rings (SSSR count). The quantitative estimate of drug-likeness (QED) is 0.471. The molecular weight excluding hydrogens is 413 g/mol. The molecule has 0 saturated carbocycles. The van der Waals surface area contributed by atoms with E-state index in [0.717, 1.165) is 5.56 Å². The van der Waals surface area contributed by atoms with E-state index >= 15 is 0 Å². The molecule has 0 fully saturated rings. The van der Waals surface area contributed by atoms with E-state index in [1.165, 1.54) is 0 Å². The maximum Gasteiger partial charge on any atom is 0.251 e. The number of aromatic nitrogens is 4. The van der Waals surface area contributed by atoms with E-state index in [2.05, 4.69) is 20.6 Å². The molecule has 4 aromatic rings. The number of ether oxygens (including phenoxy) is 1. The predicted octanol–water partition coefficient (Wildman–Crippen LogP) is 3.91. The van der Waals surface area contributed by atoms with Gasteiger partial charge in [-0.05, 0) is 42.5 Å². The summed E-state index contributed by atoms with van der Waals surface area (Å²) in [6.07, 6.45) is 0. The minimum atomic E-state index is -0.200. The highest BCUT2D eigenvalue weighted by atomic mass is 35.5. The number of hydrogen-bond acceptors (Lipinski definition) is 5. The molecule has 1 amide bonds. The lowest BCUT2D eigenvalue weighted by atomic mass is 10.2. The van der Waals surface area contributed by atoms with Crippen LogP contribution in [0.5, 0.6) is 5.88 Å². The van der Waals surface area contributed by atoms with Crippen molar-refractivity contribution in [3.63, 3.8) is 0 Å². The molecule has 2 aromatic heterocycles. The van der Waals surface area contributed by atoms with Crippen LogP contribution < -0.4 is 10.1 Å². The molecule has 2 aromatic carbocycles. The zero-order chi connectivity index (χ0) is 20.2. The van der Waals surface area contributed by atoms with Crippen LogP contribution in [0, 0.1) is 0 Å². The fraction of sp³-hybridized carbons (Fsp3) is 0.100. The van der Waals surface area contributed by atoms with Gasteiger partial charge < -0.3 is 10.1 Å². The largest absolute Gasteiger partial charge is 0.475 e. The molecule has 0 spiro atoms. The number of halogens is 2. The average molecular weight is 428 g/mol. The maximum atomic E-state index is 12.1. The van der Waals surface area contributed by atoms with Crippen LogP contribution in [0.4, 0.5) is 0 Å². The molecule has 0 aliphatic heterocycles. The molecule has 7 nitrogen and oxygen atoms in total. The van der Waals surface area contributed by atoms with Gasteiger partial charge in [-0.15, -0.1) is 15.3 Å². The van der Waals surface area contributed by atoms with Crippen LogP contribution in [0.3, 0.4) is 0 Å². The monoisotopic (exact) mass is 427 g/mol. The fourth-order valence-electron chi connectivity index (χ4n) is 2.68. The van der Waals surface area contributed by atoms with Crippen molar-refractivity contribution in [2.24, 2.45) is 0 Å². The summed E-state index contributed by atoms with van der Waals surface area (Å²) in [5.74, 6) is 0.701. The Morgan fingerprint density at radius 2 is 1.79 bits per heavy atom. The summed E-state index contributed by atoms with van der Waals surface area (Å²) >= 11 is 12.1. The Kier molecular flexibility index (Phi) is 5.59. The fourth-order valence-corrected chi connectivity index (χ4v) is 3.03. The molecule has 146 valence electrons. The van der Waals surface area contributed by atoms with Crippen LogP contribution in [-0.4, -0.2) is 38.9 Å². The van der Waals surface area contributed by atoms with Gasteiger partial charge in [-0.2, -0.15) is 4.52 Å². The van der Waals surface area contributed by atoms with Crippen molar-refractivity contribution >= 4 is 34.8 Å². The second kappa shape index (κ2) is 8.46. The topological polar surface area (TPSA) is 81.4 Å². The van der Waals surface area contributed by atoms with Crippen LogP contribution in [0.2, 0.25) is 10.0 Å². The Bertz CT molecular complexity index is 1160. The number of rotatable bonds is 6. The Labute approximate surface area is 176 Å². The third-order valence-corrected chi connectivity index (χ3v) is 4.68. The number of hydrogen-bond donors (Lipinski definition) is 1. The molecule has 1 N–H and O–H groups in total. The van der Waals surface area contributed by atoms with Crippen molar-refractivity contribution in [1.82, 2.24) is 25.1 Å². The standard InChI is InChI=1S/C20H15Cl2N5O2/c21-14-7-5-13(6-8-14)20(28)23-11-12-29-18-10-9-17-24-25-19(27(17)26-18)15-3-1-2-4-16(15)22/h1-10H,11-12H2,(H,23,28). The van der Waals surface area contributed by atoms with Crippen LogP contribution in [0.15, 0.2) is 60.7 Å². The molecule has 0 saturated heterocycles. The van der Waals surface area contributed by atoms with Gasteiger partial charge in [0.05, 0.1) is 11.6 Å².